The number of primary amides is 1. The van der Waals surface area contributed by atoms with Gasteiger partial charge in [0.15, 0.2) is 0 Å². The van der Waals surface area contributed by atoms with Crippen LogP contribution in [0, 0.1) is 6.92 Å². The van der Waals surface area contributed by atoms with Gasteiger partial charge in [-0.1, -0.05) is 0 Å². The van der Waals surface area contributed by atoms with Gasteiger partial charge in [-0.05, 0) is 18.4 Å². The summed E-state index contributed by atoms with van der Waals surface area (Å²) in [7, 11) is 1.51. The molecule has 0 aliphatic carbocycles. The van der Waals surface area contributed by atoms with Crippen molar-refractivity contribution in [1.29, 1.82) is 0 Å². The van der Waals surface area contributed by atoms with Gasteiger partial charge in [0, 0.05) is 17.5 Å². The highest BCUT2D eigenvalue weighted by atomic mass is 32.1. The molecule has 0 aliphatic rings. The molecule has 2 amide bonds. The third-order valence-electron chi connectivity index (χ3n) is 1.59. The molecule has 0 radical (unpaired) electrons. The summed E-state index contributed by atoms with van der Waals surface area (Å²) < 4.78 is 0. The lowest BCUT2D eigenvalue weighted by molar-refractivity contribution is 0.220. The van der Waals surface area contributed by atoms with E-state index in [-0.39, 0.29) is 0 Å². The first-order chi connectivity index (χ1) is 6.11. The molecular weight excluding hydrogens is 186 g/mol. The predicted octanol–water partition coefficient (Wildman–Crippen LogP) is 1.40. The van der Waals surface area contributed by atoms with E-state index in [1.165, 1.54) is 11.9 Å². The van der Waals surface area contributed by atoms with Gasteiger partial charge in [-0.2, -0.15) is 5.10 Å². The van der Waals surface area contributed by atoms with Crippen molar-refractivity contribution in [3.63, 3.8) is 0 Å². The highest BCUT2D eigenvalue weighted by Gasteiger charge is 1.99. The van der Waals surface area contributed by atoms with E-state index in [0.29, 0.717) is 0 Å². The molecule has 13 heavy (non-hydrogen) atoms. The molecular formula is C8H11N3OS. The SMILES string of the molecule is Cc1sccc1/C=N/N(C)C(N)=O. The average molecular weight is 197 g/mol. The Morgan fingerprint density at radius 3 is 2.92 bits per heavy atom. The van der Waals surface area contributed by atoms with Gasteiger partial charge in [0.1, 0.15) is 0 Å². The first-order valence-electron chi connectivity index (χ1n) is 3.72. The van der Waals surface area contributed by atoms with Crippen molar-refractivity contribution in [1.82, 2.24) is 5.01 Å². The highest BCUT2D eigenvalue weighted by Crippen LogP contribution is 2.12. The van der Waals surface area contributed by atoms with Crippen LogP contribution in [0.5, 0.6) is 0 Å². The highest BCUT2D eigenvalue weighted by molar-refractivity contribution is 7.10. The van der Waals surface area contributed by atoms with Gasteiger partial charge in [-0.15, -0.1) is 11.3 Å². The monoisotopic (exact) mass is 197 g/mol. The maximum atomic E-state index is 10.6. The van der Waals surface area contributed by atoms with Gasteiger partial charge in [0.05, 0.1) is 6.21 Å². The first-order valence-corrected chi connectivity index (χ1v) is 4.60. The summed E-state index contributed by atoms with van der Waals surface area (Å²) in [6.07, 6.45) is 1.62. The fourth-order valence-corrected chi connectivity index (χ4v) is 1.41. The van der Waals surface area contributed by atoms with Crippen molar-refractivity contribution in [3.05, 3.63) is 21.9 Å². The molecule has 0 aliphatic heterocycles. The maximum Gasteiger partial charge on any atom is 0.334 e. The topological polar surface area (TPSA) is 58.7 Å². The van der Waals surface area contributed by atoms with E-state index < -0.39 is 6.03 Å². The molecule has 0 aromatic carbocycles. The molecule has 1 aromatic heterocycles. The Kier molecular flexibility index (Phi) is 3.02. The average Bonchev–Trinajstić information content (AvgIpc) is 2.47. The number of hydrazone groups is 1. The van der Waals surface area contributed by atoms with E-state index in [4.69, 9.17) is 5.73 Å². The van der Waals surface area contributed by atoms with E-state index in [0.717, 1.165) is 10.6 Å². The van der Waals surface area contributed by atoms with Crippen LogP contribution in [0.25, 0.3) is 0 Å². The minimum atomic E-state index is -0.566. The van der Waals surface area contributed by atoms with E-state index in [9.17, 15) is 4.79 Å². The fourth-order valence-electron chi connectivity index (χ4n) is 0.734. The van der Waals surface area contributed by atoms with Gasteiger partial charge in [0.2, 0.25) is 0 Å². The lowest BCUT2D eigenvalue weighted by Crippen LogP contribution is -2.27. The predicted molar refractivity (Wildman–Crippen MR) is 54.0 cm³/mol. The molecule has 0 fully saturated rings. The van der Waals surface area contributed by atoms with Crippen LogP contribution in [-0.2, 0) is 0 Å². The largest absolute Gasteiger partial charge is 0.350 e. The summed E-state index contributed by atoms with van der Waals surface area (Å²) in [4.78, 5) is 11.7. The molecule has 0 unspecified atom stereocenters. The zero-order valence-corrected chi connectivity index (χ0v) is 8.34. The lowest BCUT2D eigenvalue weighted by atomic mass is 10.3. The number of amides is 2. The number of aryl methyl sites for hydroxylation is 1. The number of carbonyl (C=O) groups is 1. The van der Waals surface area contributed by atoms with Crippen LogP contribution >= 0.6 is 11.3 Å². The molecule has 0 saturated heterocycles. The summed E-state index contributed by atoms with van der Waals surface area (Å²) in [5.41, 5.74) is 6.00. The second-order valence-electron chi connectivity index (χ2n) is 2.54. The van der Waals surface area contributed by atoms with Gasteiger partial charge in [0.25, 0.3) is 0 Å². The van der Waals surface area contributed by atoms with Gasteiger partial charge in [-0.3, -0.25) is 0 Å². The Hall–Kier alpha value is -1.36. The first kappa shape index (κ1) is 9.73. The van der Waals surface area contributed by atoms with Crippen molar-refractivity contribution in [2.24, 2.45) is 10.8 Å². The van der Waals surface area contributed by atoms with Crippen LogP contribution in [0.3, 0.4) is 0 Å². The van der Waals surface area contributed by atoms with Gasteiger partial charge < -0.3 is 5.73 Å². The Labute approximate surface area is 80.7 Å². The lowest BCUT2D eigenvalue weighted by Gasteiger charge is -2.04. The number of rotatable bonds is 2. The number of hydrogen-bond donors (Lipinski definition) is 1. The normalized spacial score (nSPS) is 10.6. The summed E-state index contributed by atoms with van der Waals surface area (Å²) in [6.45, 7) is 2.00. The second kappa shape index (κ2) is 4.04. The minimum absolute atomic E-state index is 0.566. The van der Waals surface area contributed by atoms with Crippen LogP contribution in [0.2, 0.25) is 0 Å². The molecule has 1 heterocycles. The minimum Gasteiger partial charge on any atom is -0.350 e. The summed E-state index contributed by atoms with van der Waals surface area (Å²) in [6, 6.07) is 1.38. The Morgan fingerprint density at radius 2 is 2.46 bits per heavy atom. The van der Waals surface area contributed by atoms with Crippen LogP contribution in [-0.4, -0.2) is 24.3 Å². The maximum absolute atomic E-state index is 10.6. The fraction of sp³-hybridized carbons (Fsp3) is 0.250. The van der Waals surface area contributed by atoms with Crippen molar-refractivity contribution in [3.8, 4) is 0 Å². The zero-order chi connectivity index (χ0) is 9.84. The zero-order valence-electron chi connectivity index (χ0n) is 7.52. The molecule has 4 nitrogen and oxygen atoms in total. The summed E-state index contributed by atoms with van der Waals surface area (Å²) in [5.74, 6) is 0. The van der Waals surface area contributed by atoms with Crippen molar-refractivity contribution < 1.29 is 4.79 Å². The van der Waals surface area contributed by atoms with Crippen LogP contribution in [0.15, 0.2) is 16.5 Å². The number of hydrogen-bond acceptors (Lipinski definition) is 3. The molecule has 70 valence electrons. The van der Waals surface area contributed by atoms with Gasteiger partial charge >= 0.3 is 6.03 Å². The van der Waals surface area contributed by atoms with E-state index in [1.54, 1.807) is 17.6 Å². The third kappa shape index (κ3) is 2.55. The molecule has 1 aromatic rings. The van der Waals surface area contributed by atoms with E-state index in [1.807, 2.05) is 18.4 Å². The Morgan fingerprint density at radius 1 is 1.77 bits per heavy atom. The number of urea groups is 1. The number of thiophene rings is 1. The Bertz CT molecular complexity index is 332. The van der Waals surface area contributed by atoms with Crippen LogP contribution < -0.4 is 5.73 Å². The Balaban J connectivity index is 2.69. The third-order valence-corrected chi connectivity index (χ3v) is 2.45. The number of nitrogens with two attached hydrogens (primary N) is 1. The standard InChI is InChI=1S/C8H11N3OS/c1-6-7(3-4-13-6)5-10-11(2)8(9)12/h3-5H,1-2H3,(H2,9,12)/b10-5+. The summed E-state index contributed by atoms with van der Waals surface area (Å²) >= 11 is 1.64. The molecule has 0 bridgehead atoms. The second-order valence-corrected chi connectivity index (χ2v) is 3.66. The molecule has 5 heteroatoms. The van der Waals surface area contributed by atoms with Crippen LogP contribution in [0.4, 0.5) is 4.79 Å². The van der Waals surface area contributed by atoms with Crippen LogP contribution in [0.1, 0.15) is 10.4 Å². The molecule has 1 rings (SSSR count). The summed E-state index contributed by atoms with van der Waals surface area (Å²) in [5, 5.41) is 6.93. The molecule has 0 saturated carbocycles. The van der Waals surface area contributed by atoms with E-state index >= 15 is 0 Å². The van der Waals surface area contributed by atoms with Crippen molar-refractivity contribution >= 4 is 23.6 Å². The molecule has 2 N–H and O–H groups in total. The van der Waals surface area contributed by atoms with Crippen molar-refractivity contribution in [2.45, 2.75) is 6.92 Å². The van der Waals surface area contributed by atoms with Gasteiger partial charge in [-0.25, -0.2) is 9.80 Å². The quantitative estimate of drug-likeness (QED) is 0.565. The molecule has 0 atom stereocenters. The van der Waals surface area contributed by atoms with E-state index in [2.05, 4.69) is 5.10 Å². The molecule has 0 spiro atoms. The number of nitrogens with zero attached hydrogens (tertiary/aromatic N) is 2. The smallest absolute Gasteiger partial charge is 0.334 e. The van der Waals surface area contributed by atoms with Crippen molar-refractivity contribution in [2.75, 3.05) is 7.05 Å². The number of carbonyl (C=O) groups excluding carboxylic acids is 1.